The van der Waals surface area contributed by atoms with Crippen LogP contribution in [0.5, 0.6) is 0 Å². The van der Waals surface area contributed by atoms with Gasteiger partial charge in [0.05, 0.1) is 16.2 Å². The third-order valence-electron chi connectivity index (χ3n) is 2.94. The van der Waals surface area contributed by atoms with E-state index in [-0.39, 0.29) is 11.3 Å². The largest absolute Gasteiger partial charge is 0.380 e. The summed E-state index contributed by atoms with van der Waals surface area (Å²) < 4.78 is 0. The van der Waals surface area contributed by atoms with Crippen LogP contribution in [-0.2, 0) is 6.54 Å². The molecule has 0 bridgehead atoms. The first-order chi connectivity index (χ1) is 9.60. The fraction of sp³-hybridized carbons (Fsp3) is 0.133. The van der Waals surface area contributed by atoms with Crippen LogP contribution in [0.4, 0.5) is 11.4 Å². The molecule has 2 aromatic carbocycles. The van der Waals surface area contributed by atoms with Gasteiger partial charge in [-0.1, -0.05) is 29.8 Å². The van der Waals surface area contributed by atoms with Crippen LogP contribution in [0, 0.1) is 28.4 Å². The minimum atomic E-state index is -0.509. The minimum absolute atomic E-state index is 0.0811. The van der Waals surface area contributed by atoms with Crippen molar-refractivity contribution in [1.82, 2.24) is 0 Å². The summed E-state index contributed by atoms with van der Waals surface area (Å²) in [4.78, 5) is 10.2. The van der Waals surface area contributed by atoms with E-state index in [1.807, 2.05) is 37.3 Å². The van der Waals surface area contributed by atoms with Crippen LogP contribution in [0.15, 0.2) is 42.5 Å². The molecule has 0 atom stereocenters. The van der Waals surface area contributed by atoms with Crippen LogP contribution >= 0.6 is 0 Å². The topological polar surface area (TPSA) is 79.0 Å². The Balaban J connectivity index is 2.15. The van der Waals surface area contributed by atoms with E-state index < -0.39 is 4.92 Å². The molecule has 0 spiro atoms. The van der Waals surface area contributed by atoms with Crippen molar-refractivity contribution in [3.05, 3.63) is 69.3 Å². The average Bonchev–Trinajstić information content (AvgIpc) is 2.46. The number of nitro groups is 1. The second-order valence-electron chi connectivity index (χ2n) is 4.44. The lowest BCUT2D eigenvalue weighted by Crippen LogP contribution is -2.02. The monoisotopic (exact) mass is 267 g/mol. The number of benzene rings is 2. The summed E-state index contributed by atoms with van der Waals surface area (Å²) in [5, 5.41) is 22.8. The summed E-state index contributed by atoms with van der Waals surface area (Å²) in [5.74, 6) is 0. The first kappa shape index (κ1) is 13.6. The number of nitrogens with one attached hydrogen (secondary N) is 1. The number of aryl methyl sites for hydroxylation is 1. The molecule has 0 aliphatic heterocycles. The van der Waals surface area contributed by atoms with Crippen molar-refractivity contribution >= 4 is 11.4 Å². The summed E-state index contributed by atoms with van der Waals surface area (Å²) in [7, 11) is 0. The SMILES string of the molecule is Cc1ccc(CNc2ccc([N+](=O)[O-])cc2C#N)cc1. The molecule has 0 aliphatic rings. The zero-order valence-corrected chi connectivity index (χ0v) is 11.0. The Hall–Kier alpha value is -2.87. The highest BCUT2D eigenvalue weighted by Gasteiger charge is 2.10. The Bertz CT molecular complexity index is 673. The Morgan fingerprint density at radius 2 is 1.95 bits per heavy atom. The van der Waals surface area contributed by atoms with Crippen molar-refractivity contribution < 1.29 is 4.92 Å². The standard InChI is InChI=1S/C15H13N3O2/c1-11-2-4-12(5-3-11)10-17-15-7-6-14(18(19)20)8-13(15)9-16/h2-8,17H,10H2,1H3. The third kappa shape index (κ3) is 3.12. The van der Waals surface area contributed by atoms with E-state index in [9.17, 15) is 10.1 Å². The molecule has 5 heteroatoms. The lowest BCUT2D eigenvalue weighted by Gasteiger charge is -2.08. The highest BCUT2D eigenvalue weighted by Crippen LogP contribution is 2.22. The minimum Gasteiger partial charge on any atom is -0.380 e. The van der Waals surface area contributed by atoms with E-state index in [1.54, 1.807) is 6.07 Å². The molecule has 100 valence electrons. The van der Waals surface area contributed by atoms with E-state index >= 15 is 0 Å². The first-order valence-electron chi connectivity index (χ1n) is 6.08. The number of hydrogen-bond acceptors (Lipinski definition) is 4. The highest BCUT2D eigenvalue weighted by atomic mass is 16.6. The van der Waals surface area contributed by atoms with E-state index in [1.165, 1.54) is 17.7 Å². The summed E-state index contributed by atoms with van der Waals surface area (Å²) in [6.45, 7) is 2.58. The van der Waals surface area contributed by atoms with Crippen LogP contribution < -0.4 is 5.32 Å². The van der Waals surface area contributed by atoms with Gasteiger partial charge < -0.3 is 5.32 Å². The van der Waals surface area contributed by atoms with Gasteiger partial charge in [-0.2, -0.15) is 5.26 Å². The maximum atomic E-state index is 10.7. The van der Waals surface area contributed by atoms with Crippen molar-refractivity contribution in [3.8, 4) is 6.07 Å². The van der Waals surface area contributed by atoms with Gasteiger partial charge in [0.25, 0.3) is 5.69 Å². The van der Waals surface area contributed by atoms with Gasteiger partial charge in [-0.15, -0.1) is 0 Å². The predicted molar refractivity (Wildman–Crippen MR) is 76.3 cm³/mol. The van der Waals surface area contributed by atoms with Crippen LogP contribution in [0.2, 0.25) is 0 Å². The molecule has 0 fully saturated rings. The quantitative estimate of drug-likeness (QED) is 0.680. The number of hydrogen-bond donors (Lipinski definition) is 1. The van der Waals surface area contributed by atoms with E-state index in [0.29, 0.717) is 12.2 Å². The van der Waals surface area contributed by atoms with Crippen molar-refractivity contribution in [1.29, 1.82) is 5.26 Å². The van der Waals surface area contributed by atoms with Crippen LogP contribution in [0.1, 0.15) is 16.7 Å². The second kappa shape index (κ2) is 5.85. The molecule has 0 saturated heterocycles. The summed E-state index contributed by atoms with van der Waals surface area (Å²) in [6.07, 6.45) is 0. The predicted octanol–water partition coefficient (Wildman–Crippen LogP) is 3.39. The van der Waals surface area contributed by atoms with E-state index in [0.717, 1.165) is 5.56 Å². The van der Waals surface area contributed by atoms with Gasteiger partial charge >= 0.3 is 0 Å². The summed E-state index contributed by atoms with van der Waals surface area (Å²) >= 11 is 0. The van der Waals surface area contributed by atoms with Gasteiger partial charge in [0.1, 0.15) is 6.07 Å². The molecule has 5 nitrogen and oxygen atoms in total. The smallest absolute Gasteiger partial charge is 0.270 e. The highest BCUT2D eigenvalue weighted by molar-refractivity contribution is 5.61. The van der Waals surface area contributed by atoms with Crippen molar-refractivity contribution in [2.45, 2.75) is 13.5 Å². The maximum Gasteiger partial charge on any atom is 0.270 e. The fourth-order valence-electron chi connectivity index (χ4n) is 1.80. The third-order valence-corrected chi connectivity index (χ3v) is 2.94. The molecular weight excluding hydrogens is 254 g/mol. The van der Waals surface area contributed by atoms with Crippen LogP contribution in [0.25, 0.3) is 0 Å². The molecule has 0 aliphatic carbocycles. The molecule has 0 aromatic heterocycles. The molecule has 0 unspecified atom stereocenters. The lowest BCUT2D eigenvalue weighted by molar-refractivity contribution is -0.384. The number of rotatable bonds is 4. The number of anilines is 1. The van der Waals surface area contributed by atoms with Gasteiger partial charge in [-0.25, -0.2) is 0 Å². The summed E-state index contributed by atoms with van der Waals surface area (Å²) in [6, 6.07) is 14.2. The van der Waals surface area contributed by atoms with Crippen molar-refractivity contribution in [2.24, 2.45) is 0 Å². The van der Waals surface area contributed by atoms with E-state index in [4.69, 9.17) is 5.26 Å². The van der Waals surface area contributed by atoms with Gasteiger partial charge in [0.2, 0.25) is 0 Å². The normalized spacial score (nSPS) is 9.80. The summed E-state index contributed by atoms with van der Waals surface area (Å²) in [5.41, 5.74) is 3.05. The number of non-ortho nitro benzene ring substituents is 1. The van der Waals surface area contributed by atoms with Gasteiger partial charge in [0, 0.05) is 18.7 Å². The molecule has 0 saturated carbocycles. The Morgan fingerprint density at radius 1 is 1.25 bits per heavy atom. The molecular formula is C15H13N3O2. The molecule has 20 heavy (non-hydrogen) atoms. The van der Waals surface area contributed by atoms with Crippen LogP contribution in [-0.4, -0.2) is 4.92 Å². The zero-order valence-electron chi connectivity index (χ0n) is 11.0. The molecule has 2 aromatic rings. The lowest BCUT2D eigenvalue weighted by atomic mass is 10.1. The zero-order chi connectivity index (χ0) is 14.5. The average molecular weight is 267 g/mol. The Labute approximate surface area is 116 Å². The van der Waals surface area contributed by atoms with Gasteiger partial charge in [-0.05, 0) is 18.6 Å². The maximum absolute atomic E-state index is 10.7. The number of nitrogens with zero attached hydrogens (tertiary/aromatic N) is 2. The van der Waals surface area contributed by atoms with Crippen molar-refractivity contribution in [3.63, 3.8) is 0 Å². The Kier molecular flexibility index (Phi) is 3.96. The molecule has 2 rings (SSSR count). The van der Waals surface area contributed by atoms with Gasteiger partial charge in [-0.3, -0.25) is 10.1 Å². The Morgan fingerprint density at radius 3 is 2.55 bits per heavy atom. The van der Waals surface area contributed by atoms with E-state index in [2.05, 4.69) is 5.32 Å². The second-order valence-corrected chi connectivity index (χ2v) is 4.44. The molecule has 0 heterocycles. The fourth-order valence-corrected chi connectivity index (χ4v) is 1.80. The number of nitro benzene ring substituents is 1. The number of nitriles is 1. The van der Waals surface area contributed by atoms with Crippen molar-refractivity contribution in [2.75, 3.05) is 5.32 Å². The first-order valence-corrected chi connectivity index (χ1v) is 6.08. The van der Waals surface area contributed by atoms with Crippen LogP contribution in [0.3, 0.4) is 0 Å². The molecule has 0 amide bonds. The molecule has 0 radical (unpaired) electrons. The van der Waals surface area contributed by atoms with Gasteiger partial charge in [0.15, 0.2) is 0 Å². The molecule has 1 N–H and O–H groups in total.